The summed E-state index contributed by atoms with van der Waals surface area (Å²) in [5.74, 6) is -0.373. The molecule has 0 aromatic heterocycles. The molecule has 1 aliphatic carbocycles. The van der Waals surface area contributed by atoms with E-state index in [-0.39, 0.29) is 23.8 Å². The standard InChI is InChI=1S/C21H24N2O2/c1-15-8-9-17(12-16(15)2)20(25)22-13-19(24)23-14-21(10-11-21)18-6-4-3-5-7-18/h3-9,12H,10-11,13-14H2,1-2H3,(H,22,25)(H,23,24). The minimum atomic E-state index is -0.220. The van der Waals surface area contributed by atoms with E-state index < -0.39 is 0 Å². The summed E-state index contributed by atoms with van der Waals surface area (Å²) in [5.41, 5.74) is 4.14. The van der Waals surface area contributed by atoms with Gasteiger partial charge in [-0.15, -0.1) is 0 Å². The highest BCUT2D eigenvalue weighted by Gasteiger charge is 2.44. The molecule has 2 aromatic rings. The second kappa shape index (κ2) is 7.09. The summed E-state index contributed by atoms with van der Waals surface area (Å²) in [6.07, 6.45) is 2.18. The molecule has 0 radical (unpaired) electrons. The van der Waals surface area contributed by atoms with E-state index in [0.29, 0.717) is 12.1 Å². The number of rotatable bonds is 6. The van der Waals surface area contributed by atoms with Crippen LogP contribution in [0, 0.1) is 13.8 Å². The Morgan fingerprint density at radius 2 is 1.68 bits per heavy atom. The maximum Gasteiger partial charge on any atom is 0.251 e. The number of nitrogens with one attached hydrogen (secondary N) is 2. The highest BCUT2D eigenvalue weighted by molar-refractivity contribution is 5.96. The molecule has 0 atom stereocenters. The third-order valence-corrected chi connectivity index (χ3v) is 5.04. The second-order valence-electron chi connectivity index (χ2n) is 6.90. The predicted octanol–water partition coefficient (Wildman–Crippen LogP) is 2.88. The number of hydrogen-bond acceptors (Lipinski definition) is 2. The normalized spacial score (nSPS) is 14.6. The average molecular weight is 336 g/mol. The van der Waals surface area contributed by atoms with E-state index >= 15 is 0 Å². The molecule has 0 heterocycles. The van der Waals surface area contributed by atoms with Crippen LogP contribution in [0.4, 0.5) is 0 Å². The molecule has 2 amide bonds. The van der Waals surface area contributed by atoms with Gasteiger partial charge in [-0.2, -0.15) is 0 Å². The molecule has 0 bridgehead atoms. The molecule has 1 aliphatic rings. The number of carbonyl (C=O) groups excluding carboxylic acids is 2. The van der Waals surface area contributed by atoms with Crippen LogP contribution in [0.3, 0.4) is 0 Å². The summed E-state index contributed by atoms with van der Waals surface area (Å²) in [7, 11) is 0. The third-order valence-electron chi connectivity index (χ3n) is 5.04. The van der Waals surface area contributed by atoms with Gasteiger partial charge < -0.3 is 10.6 Å². The van der Waals surface area contributed by atoms with Crippen molar-refractivity contribution in [1.82, 2.24) is 10.6 Å². The van der Waals surface area contributed by atoms with Gasteiger partial charge >= 0.3 is 0 Å². The van der Waals surface area contributed by atoms with Crippen molar-refractivity contribution in [3.05, 3.63) is 70.8 Å². The van der Waals surface area contributed by atoms with Gasteiger partial charge in [0.15, 0.2) is 0 Å². The molecule has 0 unspecified atom stereocenters. The predicted molar refractivity (Wildman–Crippen MR) is 98.6 cm³/mol. The van der Waals surface area contributed by atoms with Crippen LogP contribution in [0.2, 0.25) is 0 Å². The summed E-state index contributed by atoms with van der Waals surface area (Å²) in [4.78, 5) is 24.2. The fourth-order valence-corrected chi connectivity index (χ4v) is 2.99. The van der Waals surface area contributed by atoms with E-state index in [2.05, 4.69) is 22.8 Å². The zero-order valence-electron chi connectivity index (χ0n) is 14.8. The fourth-order valence-electron chi connectivity index (χ4n) is 2.99. The van der Waals surface area contributed by atoms with Crippen LogP contribution in [0.15, 0.2) is 48.5 Å². The first kappa shape index (κ1) is 17.2. The quantitative estimate of drug-likeness (QED) is 0.852. The Bertz CT molecular complexity index is 780. The van der Waals surface area contributed by atoms with E-state index in [9.17, 15) is 9.59 Å². The number of aryl methyl sites for hydroxylation is 2. The van der Waals surface area contributed by atoms with E-state index in [0.717, 1.165) is 24.0 Å². The summed E-state index contributed by atoms with van der Waals surface area (Å²) >= 11 is 0. The molecule has 0 saturated heterocycles. The molecule has 25 heavy (non-hydrogen) atoms. The first-order valence-corrected chi connectivity index (χ1v) is 8.68. The van der Waals surface area contributed by atoms with Gasteiger partial charge in [0, 0.05) is 17.5 Å². The zero-order valence-corrected chi connectivity index (χ0v) is 14.8. The minimum absolute atomic E-state index is 0.00335. The van der Waals surface area contributed by atoms with Crippen molar-refractivity contribution in [2.45, 2.75) is 32.1 Å². The van der Waals surface area contributed by atoms with Gasteiger partial charge in [-0.3, -0.25) is 9.59 Å². The molecule has 0 spiro atoms. The van der Waals surface area contributed by atoms with E-state index in [1.807, 2.05) is 44.2 Å². The SMILES string of the molecule is Cc1ccc(C(=O)NCC(=O)NCC2(c3ccccc3)CC2)cc1C. The molecular weight excluding hydrogens is 312 g/mol. The van der Waals surface area contributed by atoms with Gasteiger partial charge in [-0.05, 0) is 55.5 Å². The Morgan fingerprint density at radius 3 is 2.32 bits per heavy atom. The third kappa shape index (κ3) is 4.08. The Morgan fingerprint density at radius 1 is 0.960 bits per heavy atom. The molecule has 0 aliphatic heterocycles. The van der Waals surface area contributed by atoms with Crippen LogP contribution in [0.1, 0.15) is 39.9 Å². The van der Waals surface area contributed by atoms with E-state index in [4.69, 9.17) is 0 Å². The van der Waals surface area contributed by atoms with Gasteiger partial charge in [-0.25, -0.2) is 0 Å². The number of benzene rings is 2. The maximum absolute atomic E-state index is 12.2. The lowest BCUT2D eigenvalue weighted by Crippen LogP contribution is -2.40. The van der Waals surface area contributed by atoms with Crippen molar-refractivity contribution in [3.63, 3.8) is 0 Å². The molecule has 4 heteroatoms. The lowest BCUT2D eigenvalue weighted by Gasteiger charge is -2.16. The van der Waals surface area contributed by atoms with Crippen LogP contribution in [-0.2, 0) is 10.2 Å². The smallest absolute Gasteiger partial charge is 0.251 e. The Balaban J connectivity index is 1.48. The molecule has 3 rings (SSSR count). The van der Waals surface area contributed by atoms with Gasteiger partial charge in [0.25, 0.3) is 5.91 Å². The van der Waals surface area contributed by atoms with Crippen molar-refractivity contribution in [1.29, 1.82) is 0 Å². The highest BCUT2D eigenvalue weighted by Crippen LogP contribution is 2.47. The lowest BCUT2D eigenvalue weighted by atomic mass is 9.96. The van der Waals surface area contributed by atoms with E-state index in [1.165, 1.54) is 5.56 Å². The monoisotopic (exact) mass is 336 g/mol. The van der Waals surface area contributed by atoms with Gasteiger partial charge in [0.1, 0.15) is 0 Å². The summed E-state index contributed by atoms with van der Waals surface area (Å²) in [5, 5.41) is 5.65. The molecule has 1 fully saturated rings. The van der Waals surface area contributed by atoms with Crippen LogP contribution >= 0.6 is 0 Å². The molecular formula is C21H24N2O2. The van der Waals surface area contributed by atoms with Crippen molar-refractivity contribution in [2.24, 2.45) is 0 Å². The maximum atomic E-state index is 12.2. The van der Waals surface area contributed by atoms with Gasteiger partial charge in [-0.1, -0.05) is 36.4 Å². The van der Waals surface area contributed by atoms with Gasteiger partial charge in [0.05, 0.1) is 6.54 Å². The lowest BCUT2D eigenvalue weighted by molar-refractivity contribution is -0.120. The molecule has 4 nitrogen and oxygen atoms in total. The van der Waals surface area contributed by atoms with Crippen LogP contribution in [0.25, 0.3) is 0 Å². The van der Waals surface area contributed by atoms with Crippen molar-refractivity contribution in [3.8, 4) is 0 Å². The first-order chi connectivity index (χ1) is 12.0. The number of carbonyl (C=O) groups is 2. The summed E-state index contributed by atoms with van der Waals surface area (Å²) in [6.45, 7) is 4.59. The molecule has 1 saturated carbocycles. The fraction of sp³-hybridized carbons (Fsp3) is 0.333. The van der Waals surface area contributed by atoms with Crippen molar-refractivity contribution >= 4 is 11.8 Å². The Kier molecular flexibility index (Phi) is 4.88. The Labute approximate surface area is 148 Å². The largest absolute Gasteiger partial charge is 0.354 e. The van der Waals surface area contributed by atoms with Crippen LogP contribution in [0.5, 0.6) is 0 Å². The van der Waals surface area contributed by atoms with Crippen molar-refractivity contribution in [2.75, 3.05) is 13.1 Å². The number of amides is 2. The average Bonchev–Trinajstić information content (AvgIpc) is 3.42. The van der Waals surface area contributed by atoms with E-state index in [1.54, 1.807) is 6.07 Å². The molecule has 130 valence electrons. The zero-order chi connectivity index (χ0) is 17.9. The van der Waals surface area contributed by atoms with Crippen LogP contribution < -0.4 is 10.6 Å². The summed E-state index contributed by atoms with van der Waals surface area (Å²) < 4.78 is 0. The van der Waals surface area contributed by atoms with Crippen LogP contribution in [-0.4, -0.2) is 24.9 Å². The topological polar surface area (TPSA) is 58.2 Å². The molecule has 2 aromatic carbocycles. The highest BCUT2D eigenvalue weighted by atomic mass is 16.2. The minimum Gasteiger partial charge on any atom is -0.354 e. The van der Waals surface area contributed by atoms with Crippen molar-refractivity contribution < 1.29 is 9.59 Å². The molecule has 2 N–H and O–H groups in total. The number of hydrogen-bond donors (Lipinski definition) is 2. The first-order valence-electron chi connectivity index (χ1n) is 8.68. The summed E-state index contributed by atoms with van der Waals surface area (Å²) in [6, 6.07) is 15.8. The Hall–Kier alpha value is -2.62. The second-order valence-corrected chi connectivity index (χ2v) is 6.90. The van der Waals surface area contributed by atoms with Gasteiger partial charge in [0.2, 0.25) is 5.91 Å².